The molecule has 1 aliphatic rings. The Hall–Kier alpha value is -2.87. The number of nitrogens with zero attached hydrogens (tertiary/aromatic N) is 3. The number of hydrogen-bond donors (Lipinski definition) is 0. The van der Waals surface area contributed by atoms with Crippen molar-refractivity contribution in [1.29, 1.82) is 0 Å². The summed E-state index contributed by atoms with van der Waals surface area (Å²) in [5.74, 6) is -0.876. The highest BCUT2D eigenvalue weighted by molar-refractivity contribution is 7.98. The first-order chi connectivity index (χ1) is 14.4. The quantitative estimate of drug-likeness (QED) is 0.298. The summed E-state index contributed by atoms with van der Waals surface area (Å²) in [7, 11) is 0. The van der Waals surface area contributed by atoms with Crippen molar-refractivity contribution in [3.8, 4) is 0 Å². The average molecular weight is 431 g/mol. The van der Waals surface area contributed by atoms with Gasteiger partial charge in [-0.2, -0.15) is 13.2 Å². The Morgan fingerprint density at radius 2 is 1.83 bits per heavy atom. The molecular formula is C22H17F4N3S. The Kier molecular flexibility index (Phi) is 5.51. The number of halogens is 4. The van der Waals surface area contributed by atoms with E-state index in [4.69, 9.17) is 0 Å². The molecule has 1 aromatic heterocycles. The summed E-state index contributed by atoms with van der Waals surface area (Å²) in [6.45, 7) is 0.0630. The molecule has 2 aromatic carbocycles. The average Bonchev–Trinajstić information content (AvgIpc) is 2.74. The van der Waals surface area contributed by atoms with Crippen LogP contribution in [0.25, 0.3) is 5.57 Å². The molecule has 3 aromatic rings. The van der Waals surface area contributed by atoms with E-state index in [1.807, 2.05) is 36.6 Å². The lowest BCUT2D eigenvalue weighted by Gasteiger charge is -2.29. The van der Waals surface area contributed by atoms with Gasteiger partial charge in [-0.15, -0.1) is 0 Å². The molecule has 0 fully saturated rings. The number of thioether (sulfide) groups is 1. The summed E-state index contributed by atoms with van der Waals surface area (Å²) in [5, 5.41) is 0.609. The molecule has 1 aliphatic heterocycles. The summed E-state index contributed by atoms with van der Waals surface area (Å²) >= 11 is 1.41. The highest BCUT2D eigenvalue weighted by Crippen LogP contribution is 2.36. The molecule has 0 saturated carbocycles. The van der Waals surface area contributed by atoms with E-state index in [9.17, 15) is 17.6 Å². The van der Waals surface area contributed by atoms with Gasteiger partial charge in [0.15, 0.2) is 5.16 Å². The predicted molar refractivity (Wildman–Crippen MR) is 108 cm³/mol. The second-order valence-electron chi connectivity index (χ2n) is 6.81. The molecule has 0 amide bonds. The van der Waals surface area contributed by atoms with Crippen LogP contribution in [0.5, 0.6) is 0 Å². The van der Waals surface area contributed by atoms with Gasteiger partial charge in [0.25, 0.3) is 0 Å². The minimum Gasteiger partial charge on any atom is -0.368 e. The molecule has 0 saturated heterocycles. The van der Waals surface area contributed by atoms with Crippen molar-refractivity contribution in [2.45, 2.75) is 24.4 Å². The van der Waals surface area contributed by atoms with Crippen LogP contribution in [0.2, 0.25) is 0 Å². The van der Waals surface area contributed by atoms with Crippen molar-refractivity contribution < 1.29 is 17.6 Å². The standard InChI is InChI=1S/C22H17F4N3S/c1-30-21-27-10-15-11-29(12-16(20(15)28-21)14-6-3-2-4-7-14)13-17-18(22(24,25)26)8-5-9-19(17)23/h2-10,12H,11,13H2,1H3. The number of benzene rings is 2. The van der Waals surface area contributed by atoms with Crippen molar-refractivity contribution in [3.05, 3.63) is 94.7 Å². The number of aromatic nitrogens is 2. The highest BCUT2D eigenvalue weighted by atomic mass is 32.2. The lowest BCUT2D eigenvalue weighted by atomic mass is 9.96. The maximum atomic E-state index is 14.4. The first-order valence-electron chi connectivity index (χ1n) is 9.13. The van der Waals surface area contributed by atoms with Gasteiger partial charge in [0.2, 0.25) is 0 Å². The topological polar surface area (TPSA) is 29.0 Å². The van der Waals surface area contributed by atoms with Gasteiger partial charge in [-0.05, 0) is 24.0 Å². The van der Waals surface area contributed by atoms with Crippen molar-refractivity contribution in [2.24, 2.45) is 0 Å². The molecule has 30 heavy (non-hydrogen) atoms. The lowest BCUT2D eigenvalue weighted by molar-refractivity contribution is -0.138. The van der Waals surface area contributed by atoms with Crippen LogP contribution in [0.3, 0.4) is 0 Å². The van der Waals surface area contributed by atoms with Gasteiger partial charge in [0.05, 0.1) is 11.3 Å². The predicted octanol–water partition coefficient (Wildman–Crippen LogP) is 5.76. The molecule has 0 radical (unpaired) electrons. The van der Waals surface area contributed by atoms with Crippen molar-refractivity contribution in [2.75, 3.05) is 6.26 Å². The highest BCUT2D eigenvalue weighted by Gasteiger charge is 2.35. The summed E-state index contributed by atoms with van der Waals surface area (Å²) in [5.41, 5.74) is 1.81. The molecule has 0 N–H and O–H groups in total. The second kappa shape index (κ2) is 8.10. The van der Waals surface area contributed by atoms with E-state index >= 15 is 0 Å². The maximum Gasteiger partial charge on any atom is 0.416 e. The molecule has 2 heterocycles. The maximum absolute atomic E-state index is 14.4. The van der Waals surface area contributed by atoms with E-state index in [1.165, 1.54) is 11.8 Å². The Bertz CT molecular complexity index is 1100. The molecular weight excluding hydrogens is 414 g/mol. The zero-order chi connectivity index (χ0) is 21.3. The van der Waals surface area contributed by atoms with Crippen LogP contribution < -0.4 is 0 Å². The van der Waals surface area contributed by atoms with Gasteiger partial charge < -0.3 is 4.90 Å². The SMILES string of the molecule is CSc1ncc2c(n1)C(c1ccccc1)=CN(Cc1c(F)cccc1C(F)(F)F)C2. The van der Waals surface area contributed by atoms with E-state index in [0.717, 1.165) is 40.6 Å². The van der Waals surface area contributed by atoms with Crippen molar-refractivity contribution in [1.82, 2.24) is 14.9 Å². The zero-order valence-electron chi connectivity index (χ0n) is 15.9. The van der Waals surface area contributed by atoms with E-state index in [2.05, 4.69) is 9.97 Å². The van der Waals surface area contributed by atoms with Crippen molar-refractivity contribution >= 4 is 17.3 Å². The van der Waals surface area contributed by atoms with Crippen molar-refractivity contribution in [3.63, 3.8) is 0 Å². The van der Waals surface area contributed by atoms with E-state index in [0.29, 0.717) is 5.16 Å². The Morgan fingerprint density at radius 1 is 1.07 bits per heavy atom. The lowest BCUT2D eigenvalue weighted by Crippen LogP contribution is -2.25. The van der Waals surface area contributed by atoms with E-state index in [1.54, 1.807) is 17.3 Å². The fourth-order valence-electron chi connectivity index (χ4n) is 3.46. The molecule has 8 heteroatoms. The second-order valence-corrected chi connectivity index (χ2v) is 7.58. The minimum absolute atomic E-state index is 0.221. The fourth-order valence-corrected chi connectivity index (χ4v) is 3.81. The normalized spacial score (nSPS) is 13.8. The van der Waals surface area contributed by atoms with Crippen LogP contribution in [-0.2, 0) is 19.3 Å². The number of rotatable bonds is 4. The first kappa shape index (κ1) is 20.4. The molecule has 4 rings (SSSR count). The van der Waals surface area contributed by atoms with E-state index in [-0.39, 0.29) is 18.7 Å². The third-order valence-electron chi connectivity index (χ3n) is 4.84. The van der Waals surface area contributed by atoms with Crippen LogP contribution >= 0.6 is 11.8 Å². The molecule has 0 spiro atoms. The Morgan fingerprint density at radius 3 is 2.53 bits per heavy atom. The van der Waals surface area contributed by atoms with Crippen LogP contribution in [0, 0.1) is 5.82 Å². The number of alkyl halides is 3. The molecule has 0 unspecified atom stereocenters. The zero-order valence-corrected chi connectivity index (χ0v) is 16.8. The van der Waals surface area contributed by atoms with Gasteiger partial charge >= 0.3 is 6.18 Å². The summed E-state index contributed by atoms with van der Waals surface area (Å²) in [6, 6.07) is 12.5. The third kappa shape index (κ3) is 4.05. The summed E-state index contributed by atoms with van der Waals surface area (Å²) in [6.07, 6.45) is 0.678. The van der Waals surface area contributed by atoms with Gasteiger partial charge in [-0.25, -0.2) is 14.4 Å². The molecule has 154 valence electrons. The Balaban J connectivity index is 1.78. The molecule has 0 aliphatic carbocycles. The van der Waals surface area contributed by atoms with Crippen LogP contribution in [0.1, 0.15) is 27.9 Å². The van der Waals surface area contributed by atoms with Crippen LogP contribution in [0.15, 0.2) is 66.1 Å². The first-order valence-corrected chi connectivity index (χ1v) is 10.4. The molecule has 3 nitrogen and oxygen atoms in total. The Labute approximate surface area is 175 Å². The third-order valence-corrected chi connectivity index (χ3v) is 5.40. The number of fused-ring (bicyclic) bond motifs is 1. The van der Waals surface area contributed by atoms with Gasteiger partial charge in [-0.1, -0.05) is 48.2 Å². The van der Waals surface area contributed by atoms with E-state index < -0.39 is 17.6 Å². The summed E-state index contributed by atoms with van der Waals surface area (Å²) < 4.78 is 54.6. The minimum atomic E-state index is -4.63. The monoisotopic (exact) mass is 431 g/mol. The van der Waals surface area contributed by atoms with Gasteiger partial charge in [-0.3, -0.25) is 0 Å². The smallest absolute Gasteiger partial charge is 0.368 e. The van der Waals surface area contributed by atoms with Crippen LogP contribution in [-0.4, -0.2) is 21.1 Å². The number of hydrogen-bond acceptors (Lipinski definition) is 4. The fraction of sp³-hybridized carbons (Fsp3) is 0.182. The van der Waals surface area contributed by atoms with Crippen LogP contribution in [0.4, 0.5) is 17.6 Å². The molecule has 0 atom stereocenters. The van der Waals surface area contributed by atoms with Gasteiger partial charge in [0.1, 0.15) is 5.82 Å². The largest absolute Gasteiger partial charge is 0.416 e. The summed E-state index contributed by atoms with van der Waals surface area (Å²) in [4.78, 5) is 10.6. The van der Waals surface area contributed by atoms with Gasteiger partial charge in [0, 0.05) is 42.2 Å². The molecule has 0 bridgehead atoms.